The number of benzene rings is 1. The Labute approximate surface area is 157 Å². The number of fused-ring (bicyclic) bond motifs is 1. The first-order valence-electron chi connectivity index (χ1n) is 9.11. The minimum atomic E-state index is -0.120. The lowest BCUT2D eigenvalue weighted by atomic mass is 10.0. The van der Waals surface area contributed by atoms with Crippen LogP contribution in [-0.4, -0.2) is 50.9 Å². The summed E-state index contributed by atoms with van der Waals surface area (Å²) in [6.07, 6.45) is 2.70. The third-order valence-electron chi connectivity index (χ3n) is 4.70. The molecule has 0 saturated carbocycles. The monoisotopic (exact) mass is 375 g/mol. The molecule has 1 fully saturated rings. The van der Waals surface area contributed by atoms with Gasteiger partial charge in [-0.25, -0.2) is 4.98 Å². The van der Waals surface area contributed by atoms with E-state index >= 15 is 0 Å². The van der Waals surface area contributed by atoms with Crippen LogP contribution in [0.4, 0.5) is 0 Å². The van der Waals surface area contributed by atoms with Crippen molar-refractivity contribution in [2.75, 3.05) is 25.4 Å². The average Bonchev–Trinajstić information content (AvgIpc) is 2.65. The maximum absolute atomic E-state index is 12.8. The van der Waals surface area contributed by atoms with Gasteiger partial charge in [0, 0.05) is 26.2 Å². The second-order valence-corrected chi connectivity index (χ2v) is 7.76. The van der Waals surface area contributed by atoms with Crippen LogP contribution in [0.3, 0.4) is 0 Å². The van der Waals surface area contributed by atoms with Crippen molar-refractivity contribution < 1.29 is 9.90 Å². The van der Waals surface area contributed by atoms with Gasteiger partial charge in [0.05, 0.1) is 16.7 Å². The number of likely N-dealkylation sites (tertiary alicyclic amines) is 1. The zero-order chi connectivity index (χ0) is 18.5. The van der Waals surface area contributed by atoms with Gasteiger partial charge in [-0.3, -0.25) is 14.2 Å². The highest BCUT2D eigenvalue weighted by molar-refractivity contribution is 7.99. The van der Waals surface area contributed by atoms with Gasteiger partial charge in [-0.1, -0.05) is 30.8 Å². The van der Waals surface area contributed by atoms with Crippen LogP contribution in [0.15, 0.2) is 34.2 Å². The summed E-state index contributed by atoms with van der Waals surface area (Å²) in [5.74, 6) is 0.910. The summed E-state index contributed by atoms with van der Waals surface area (Å²) in [6, 6.07) is 7.23. The summed E-state index contributed by atoms with van der Waals surface area (Å²) < 4.78 is 1.58. The van der Waals surface area contributed by atoms with E-state index < -0.39 is 0 Å². The van der Waals surface area contributed by atoms with E-state index in [-0.39, 0.29) is 23.8 Å². The quantitative estimate of drug-likeness (QED) is 0.618. The van der Waals surface area contributed by atoms with Crippen molar-refractivity contribution in [3.63, 3.8) is 0 Å². The molecule has 1 amide bonds. The standard InChI is InChI=1S/C19H25N3O3S/c1-14-6-4-9-21(12-14)17(24)13-26-19-20-16-8-3-2-7-15(16)18(25)22(19)10-5-11-23/h2-3,7-8,14,23H,4-6,9-13H2,1H3. The molecule has 2 heterocycles. The predicted molar refractivity (Wildman–Crippen MR) is 103 cm³/mol. The Balaban J connectivity index is 1.81. The number of carbonyl (C=O) groups excluding carboxylic acids is 1. The summed E-state index contributed by atoms with van der Waals surface area (Å²) >= 11 is 1.31. The molecular weight excluding hydrogens is 350 g/mol. The molecule has 0 bridgehead atoms. The highest BCUT2D eigenvalue weighted by Gasteiger charge is 2.21. The molecule has 26 heavy (non-hydrogen) atoms. The summed E-state index contributed by atoms with van der Waals surface area (Å²) in [5, 5.41) is 10.2. The zero-order valence-corrected chi connectivity index (χ0v) is 15.9. The van der Waals surface area contributed by atoms with Crippen LogP contribution in [0.2, 0.25) is 0 Å². The fraction of sp³-hybridized carbons (Fsp3) is 0.526. The number of aliphatic hydroxyl groups is 1. The Morgan fingerprint density at radius 1 is 1.38 bits per heavy atom. The SMILES string of the molecule is CC1CCCN(C(=O)CSc2nc3ccccc3c(=O)n2CCCO)C1. The molecule has 140 valence electrons. The summed E-state index contributed by atoms with van der Waals surface area (Å²) in [6.45, 7) is 4.19. The smallest absolute Gasteiger partial charge is 0.262 e. The lowest BCUT2D eigenvalue weighted by Crippen LogP contribution is -2.40. The zero-order valence-electron chi connectivity index (χ0n) is 15.1. The van der Waals surface area contributed by atoms with Gasteiger partial charge < -0.3 is 10.0 Å². The van der Waals surface area contributed by atoms with Crippen molar-refractivity contribution in [3.8, 4) is 0 Å². The van der Waals surface area contributed by atoms with Crippen molar-refractivity contribution in [3.05, 3.63) is 34.6 Å². The molecule has 0 spiro atoms. The topological polar surface area (TPSA) is 75.4 Å². The number of hydrogen-bond acceptors (Lipinski definition) is 5. The maximum atomic E-state index is 12.8. The molecule has 1 atom stereocenters. The molecule has 1 N–H and O–H groups in total. The van der Waals surface area contributed by atoms with Gasteiger partial charge in [-0.05, 0) is 37.3 Å². The lowest BCUT2D eigenvalue weighted by molar-refractivity contribution is -0.130. The van der Waals surface area contributed by atoms with Crippen LogP contribution in [0, 0.1) is 5.92 Å². The van der Waals surface area contributed by atoms with E-state index in [1.165, 1.54) is 18.2 Å². The first-order valence-corrected chi connectivity index (χ1v) is 10.1. The Morgan fingerprint density at radius 2 is 2.19 bits per heavy atom. The molecule has 1 aliphatic rings. The number of piperidine rings is 1. The number of thioether (sulfide) groups is 1. The van der Waals surface area contributed by atoms with E-state index in [0.29, 0.717) is 34.9 Å². The molecule has 1 unspecified atom stereocenters. The molecule has 1 saturated heterocycles. The molecule has 1 aromatic heterocycles. The van der Waals surface area contributed by atoms with Gasteiger partial charge in [0.2, 0.25) is 5.91 Å². The molecule has 6 nitrogen and oxygen atoms in total. The highest BCUT2D eigenvalue weighted by Crippen LogP contribution is 2.21. The third-order valence-corrected chi connectivity index (χ3v) is 5.66. The normalized spacial score (nSPS) is 17.6. The second-order valence-electron chi connectivity index (χ2n) is 6.82. The van der Waals surface area contributed by atoms with Gasteiger partial charge in [-0.2, -0.15) is 0 Å². The first-order chi connectivity index (χ1) is 12.6. The minimum Gasteiger partial charge on any atom is -0.396 e. The van der Waals surface area contributed by atoms with E-state index in [4.69, 9.17) is 5.11 Å². The third kappa shape index (κ3) is 4.27. The second kappa shape index (κ2) is 8.68. The number of carbonyl (C=O) groups is 1. The Kier molecular flexibility index (Phi) is 6.32. The number of nitrogens with zero attached hydrogens (tertiary/aromatic N) is 3. The number of aromatic nitrogens is 2. The van der Waals surface area contributed by atoms with Crippen molar-refractivity contribution >= 4 is 28.6 Å². The minimum absolute atomic E-state index is 0.00791. The summed E-state index contributed by atoms with van der Waals surface area (Å²) in [7, 11) is 0. The molecule has 7 heteroatoms. The number of aliphatic hydroxyl groups excluding tert-OH is 1. The predicted octanol–water partition coefficient (Wildman–Crippen LogP) is 2.13. The fourth-order valence-corrected chi connectivity index (χ4v) is 4.25. The number of rotatable bonds is 6. The van der Waals surface area contributed by atoms with Gasteiger partial charge in [0.15, 0.2) is 5.16 Å². The highest BCUT2D eigenvalue weighted by atomic mass is 32.2. The van der Waals surface area contributed by atoms with Gasteiger partial charge in [0.25, 0.3) is 5.56 Å². The fourth-order valence-electron chi connectivity index (χ4n) is 3.32. The molecule has 2 aromatic rings. The Bertz CT molecular complexity index is 836. The number of amides is 1. The Hall–Kier alpha value is -1.86. The molecule has 0 aliphatic carbocycles. The van der Waals surface area contributed by atoms with Gasteiger partial charge >= 0.3 is 0 Å². The van der Waals surface area contributed by atoms with Crippen LogP contribution < -0.4 is 5.56 Å². The van der Waals surface area contributed by atoms with Crippen LogP contribution in [0.5, 0.6) is 0 Å². The Morgan fingerprint density at radius 3 is 2.96 bits per heavy atom. The van der Waals surface area contributed by atoms with E-state index in [9.17, 15) is 9.59 Å². The van der Waals surface area contributed by atoms with E-state index in [1.807, 2.05) is 23.1 Å². The van der Waals surface area contributed by atoms with Crippen molar-refractivity contribution in [1.82, 2.24) is 14.5 Å². The largest absolute Gasteiger partial charge is 0.396 e. The molecule has 3 rings (SSSR count). The number of hydrogen-bond donors (Lipinski definition) is 1. The van der Waals surface area contributed by atoms with Gasteiger partial charge in [-0.15, -0.1) is 0 Å². The molecule has 1 aromatic carbocycles. The lowest BCUT2D eigenvalue weighted by Gasteiger charge is -2.30. The van der Waals surface area contributed by atoms with Crippen molar-refractivity contribution in [2.45, 2.75) is 37.9 Å². The van der Waals surface area contributed by atoms with Crippen molar-refractivity contribution in [2.24, 2.45) is 5.92 Å². The van der Waals surface area contributed by atoms with Crippen LogP contribution >= 0.6 is 11.8 Å². The summed E-state index contributed by atoms with van der Waals surface area (Å²) in [4.78, 5) is 31.8. The first kappa shape index (κ1) is 18.9. The van der Waals surface area contributed by atoms with Gasteiger partial charge in [0.1, 0.15) is 0 Å². The average molecular weight is 375 g/mol. The maximum Gasteiger partial charge on any atom is 0.262 e. The van der Waals surface area contributed by atoms with Crippen molar-refractivity contribution in [1.29, 1.82) is 0 Å². The summed E-state index contributed by atoms with van der Waals surface area (Å²) in [5.41, 5.74) is 0.518. The van der Waals surface area contributed by atoms with E-state index in [1.54, 1.807) is 10.6 Å². The van der Waals surface area contributed by atoms with Crippen LogP contribution in [0.1, 0.15) is 26.2 Å². The molecule has 1 aliphatic heterocycles. The van der Waals surface area contributed by atoms with Crippen LogP contribution in [-0.2, 0) is 11.3 Å². The van der Waals surface area contributed by atoms with Crippen LogP contribution in [0.25, 0.3) is 10.9 Å². The molecule has 0 radical (unpaired) electrons. The molecular formula is C19H25N3O3S. The number of para-hydroxylation sites is 1. The van der Waals surface area contributed by atoms with E-state index in [0.717, 1.165) is 19.5 Å². The van der Waals surface area contributed by atoms with E-state index in [2.05, 4.69) is 11.9 Å².